The third kappa shape index (κ3) is 26.0. The Bertz CT molecular complexity index is 2890. The van der Waals surface area contributed by atoms with Gasteiger partial charge in [0.25, 0.3) is 11.8 Å². The van der Waals surface area contributed by atoms with Crippen molar-refractivity contribution in [1.82, 2.24) is 47.5 Å². The molecule has 1 aliphatic rings. The van der Waals surface area contributed by atoms with Crippen molar-refractivity contribution in [2.75, 3.05) is 25.6 Å². The number of Topliss-reactive ketones (excluding diaryl/α,β-unsaturated/α-hetero) is 1. The van der Waals surface area contributed by atoms with Crippen LogP contribution in [0.15, 0.2) is 42.2 Å². The van der Waals surface area contributed by atoms with Gasteiger partial charge >= 0.3 is 17.9 Å². The molecular formula is C60H91ClN10O22. The van der Waals surface area contributed by atoms with Gasteiger partial charge in [0, 0.05) is 43.0 Å². The quantitative estimate of drug-likeness (QED) is 0.0167. The largest absolute Gasteiger partial charge is 0.481 e. The van der Waals surface area contributed by atoms with Gasteiger partial charge in [0.15, 0.2) is 17.9 Å². The molecule has 33 heteroatoms. The molecular weight excluding hydrogens is 1250 g/mol. The third-order valence-electron chi connectivity index (χ3n) is 15.4. The molecule has 520 valence electrons. The monoisotopic (exact) mass is 1340 g/mol. The number of alkyl halides is 1. The van der Waals surface area contributed by atoms with Crippen molar-refractivity contribution in [1.29, 1.82) is 0 Å². The molecule has 93 heavy (non-hydrogen) atoms. The number of nitrogens with one attached hydrogen (secondary N) is 9. The van der Waals surface area contributed by atoms with Crippen molar-refractivity contribution in [3.63, 3.8) is 0 Å². The van der Waals surface area contributed by atoms with Gasteiger partial charge in [-0.2, -0.15) is 0 Å². The number of nitrogens with two attached hydrogens (primary N) is 1. The topological polar surface area (TPSA) is 534 Å². The number of hydrogen-bond acceptors (Lipinski definition) is 21. The van der Waals surface area contributed by atoms with Crippen molar-refractivity contribution >= 4 is 93.5 Å². The van der Waals surface area contributed by atoms with Crippen LogP contribution in [-0.4, -0.2) is 220 Å². The second-order valence-corrected chi connectivity index (χ2v) is 23.1. The summed E-state index contributed by atoms with van der Waals surface area (Å²) >= 11 is 5.88. The number of cyclic esters (lactones) is 1. The number of carbonyl (C=O) groups is 12. The van der Waals surface area contributed by atoms with Crippen molar-refractivity contribution in [3.05, 3.63) is 47.8 Å². The van der Waals surface area contributed by atoms with Crippen LogP contribution in [0.4, 0.5) is 0 Å². The van der Waals surface area contributed by atoms with E-state index in [1.54, 1.807) is 30.5 Å². The lowest BCUT2D eigenvalue weighted by Crippen LogP contribution is -2.66. The van der Waals surface area contributed by atoms with Crippen LogP contribution >= 0.6 is 11.6 Å². The van der Waals surface area contributed by atoms with Gasteiger partial charge < -0.3 is 104 Å². The molecule has 2 aromatic rings. The highest BCUT2D eigenvalue weighted by Gasteiger charge is 2.44. The van der Waals surface area contributed by atoms with Crippen molar-refractivity contribution in [3.8, 4) is 0 Å². The van der Waals surface area contributed by atoms with Crippen LogP contribution in [0, 0.1) is 5.92 Å². The van der Waals surface area contributed by atoms with Crippen LogP contribution < -0.4 is 48.3 Å². The number of carboxylic acids is 2. The molecule has 1 aromatic carbocycles. The first-order valence-electron chi connectivity index (χ1n) is 30.9. The maximum atomic E-state index is 14.5. The number of aliphatic hydroxyl groups is 7. The number of unbranched alkanes of at least 4 members (excludes halogenated alkanes) is 9. The van der Waals surface area contributed by atoms with Crippen LogP contribution in [0.1, 0.15) is 135 Å². The van der Waals surface area contributed by atoms with E-state index in [4.69, 9.17) is 22.1 Å². The van der Waals surface area contributed by atoms with Crippen molar-refractivity contribution in [2.45, 2.75) is 209 Å². The molecule has 3 rings (SSSR count). The summed E-state index contributed by atoms with van der Waals surface area (Å²) in [6.45, 7) is 1.83. The minimum Gasteiger partial charge on any atom is -0.481 e. The number of aromatic nitrogens is 1. The number of ether oxygens (including phenoxy) is 1. The fourth-order valence-corrected chi connectivity index (χ4v) is 10.1. The van der Waals surface area contributed by atoms with E-state index in [0.717, 1.165) is 64.4 Å². The molecule has 8 amide bonds. The summed E-state index contributed by atoms with van der Waals surface area (Å²) in [4.78, 5) is 169. The Hall–Kier alpha value is -7.69. The molecule has 2 heterocycles. The number of aliphatic carboxylic acids is 2. The number of benzene rings is 1. The Morgan fingerprint density at radius 3 is 2.00 bits per heavy atom. The molecule has 0 radical (unpaired) electrons. The number of H-pyrrole nitrogens is 1. The third-order valence-corrected chi connectivity index (χ3v) is 15.7. The molecule has 1 fully saturated rings. The SMILES string of the molecule is C/C=C1/NC(=O)C(C(C)O)CC(=O)C(Cc2cccc3[nH]ccc23)NC(=O)C(CCO)NC(=O)C(CC(=O)O)NC(=O)C(O)(CCCN)NC(=O)C(NC(=O)CC(O)C(O)CCCCCCCCCCCC)COC(=O)C(C(O)CCl)NC(=O)C(C(O)C(=O)O)NC1=O. The number of rotatable bonds is 29. The minimum atomic E-state index is -3.25. The van der Waals surface area contributed by atoms with Gasteiger partial charge in [-0.25, -0.2) is 9.59 Å². The standard InChI is InChI=1S/C60H91ClN10O22/c1-4-6-7-8-9-10-11-12-13-14-19-42(74)44(76)29-46(78)64-41-31-93-58(90)48(45(77)30-61)69-56(87)49(50(81)57(88)89)70-52(83)36(5-2)65-51(82)35(32(3)73)27-43(75)39(26-33-17-15-18-37-34(33)20-24-63-37)67-53(84)38(21-25-72)66-54(85)40(28-47(79)80)68-59(91)60(92,22-16-23-62)71-55(41)86/h5,15,17-18,20,24,32,35,38-42,44-45,48-50,63,72-74,76-77,81,92H,4,6-14,16,19,21-23,25-31,62H2,1-3H3,(H,64,78)(H,65,82)(H,66,85)(H,67,84)(H,68,91)(H,69,87)(H,70,83)(H,71,86)(H,79,80)(H,88,89)/b36-5+. The molecule has 13 unspecified atom stereocenters. The number of ketones is 1. The summed E-state index contributed by atoms with van der Waals surface area (Å²) in [6, 6.07) is -6.60. The maximum absolute atomic E-state index is 14.5. The number of halogens is 1. The van der Waals surface area contributed by atoms with Crippen LogP contribution in [0.3, 0.4) is 0 Å². The Morgan fingerprint density at radius 1 is 0.774 bits per heavy atom. The number of aliphatic hydroxyl groups excluding tert-OH is 6. The van der Waals surface area contributed by atoms with E-state index < -0.39 is 206 Å². The normalized spacial score (nSPS) is 24.5. The lowest BCUT2D eigenvalue weighted by molar-refractivity contribution is -0.157. The van der Waals surface area contributed by atoms with E-state index in [1.165, 1.54) is 6.92 Å². The number of esters is 1. The number of amides is 8. The molecule has 0 aliphatic carbocycles. The molecule has 0 saturated carbocycles. The van der Waals surface area contributed by atoms with E-state index in [1.807, 2.05) is 21.3 Å². The smallest absolute Gasteiger partial charge is 0.335 e. The van der Waals surface area contributed by atoms with Crippen molar-refractivity contribution in [2.24, 2.45) is 11.7 Å². The second kappa shape index (κ2) is 40.4. The molecule has 32 nitrogen and oxygen atoms in total. The fraction of sp³-hybridized carbons (Fsp3) is 0.633. The number of fused-ring (bicyclic) bond motifs is 1. The van der Waals surface area contributed by atoms with Crippen molar-refractivity contribution < 1.29 is 108 Å². The summed E-state index contributed by atoms with van der Waals surface area (Å²) < 4.78 is 5.25. The number of allylic oxidation sites excluding steroid dienone is 1. The highest BCUT2D eigenvalue weighted by atomic mass is 35.5. The van der Waals surface area contributed by atoms with E-state index in [9.17, 15) is 103 Å². The average molecular weight is 1340 g/mol. The van der Waals surface area contributed by atoms with Gasteiger partial charge in [0.2, 0.25) is 41.2 Å². The number of carbonyl (C=O) groups excluding carboxylic acids is 10. The number of hydrogen-bond donors (Lipinski definition) is 19. The highest BCUT2D eigenvalue weighted by Crippen LogP contribution is 2.22. The molecule has 20 N–H and O–H groups in total. The van der Waals surface area contributed by atoms with Gasteiger partial charge in [-0.15, -0.1) is 11.6 Å². The highest BCUT2D eigenvalue weighted by molar-refractivity contribution is 6.18. The number of carboxylic acid groups (broad SMARTS) is 2. The fourth-order valence-electron chi connectivity index (χ4n) is 9.95. The number of aromatic amines is 1. The zero-order valence-electron chi connectivity index (χ0n) is 52.2. The van der Waals surface area contributed by atoms with Gasteiger partial charge in [0.1, 0.15) is 36.5 Å². The van der Waals surface area contributed by atoms with Crippen LogP contribution in [-0.2, 0) is 68.7 Å². The van der Waals surface area contributed by atoms with E-state index >= 15 is 0 Å². The van der Waals surface area contributed by atoms with Crippen LogP contribution in [0.25, 0.3) is 10.9 Å². The zero-order valence-corrected chi connectivity index (χ0v) is 53.0. The molecule has 13 atom stereocenters. The van der Waals surface area contributed by atoms with Gasteiger partial charge in [0.05, 0.1) is 55.1 Å². The summed E-state index contributed by atoms with van der Waals surface area (Å²) in [5.41, 5.74) is 2.66. The Balaban J connectivity index is 2.20. The predicted octanol–water partition coefficient (Wildman–Crippen LogP) is -2.98. The molecule has 1 saturated heterocycles. The van der Waals surface area contributed by atoms with Gasteiger partial charge in [-0.05, 0) is 57.4 Å². The zero-order chi connectivity index (χ0) is 69.5. The average Bonchev–Trinajstić information content (AvgIpc) is 1.93. The molecule has 0 spiro atoms. The predicted molar refractivity (Wildman–Crippen MR) is 330 cm³/mol. The lowest BCUT2D eigenvalue weighted by Gasteiger charge is -2.32. The van der Waals surface area contributed by atoms with Gasteiger partial charge in [-0.3, -0.25) is 47.9 Å². The maximum Gasteiger partial charge on any atom is 0.335 e. The summed E-state index contributed by atoms with van der Waals surface area (Å²) in [5, 5.41) is 114. The summed E-state index contributed by atoms with van der Waals surface area (Å²) in [6.07, 6.45) is -3.24. The van der Waals surface area contributed by atoms with Crippen LogP contribution in [0.5, 0.6) is 0 Å². The molecule has 1 aromatic heterocycles. The van der Waals surface area contributed by atoms with Crippen LogP contribution in [0.2, 0.25) is 0 Å². The Kier molecular flexibility index (Phi) is 34.6. The molecule has 1 aliphatic heterocycles. The first-order chi connectivity index (χ1) is 44.1. The van der Waals surface area contributed by atoms with E-state index in [2.05, 4.69) is 33.2 Å². The second-order valence-electron chi connectivity index (χ2n) is 22.8. The Labute approximate surface area is 541 Å². The summed E-state index contributed by atoms with van der Waals surface area (Å²) in [7, 11) is 0. The summed E-state index contributed by atoms with van der Waals surface area (Å²) in [5.74, 6) is -21.1. The van der Waals surface area contributed by atoms with Gasteiger partial charge in [-0.1, -0.05) is 89.3 Å². The first kappa shape index (κ1) is 79.5. The molecule has 0 bridgehead atoms. The van der Waals surface area contributed by atoms with E-state index in [-0.39, 0.29) is 25.8 Å². The van der Waals surface area contributed by atoms with E-state index in [0.29, 0.717) is 29.3 Å². The first-order valence-corrected chi connectivity index (χ1v) is 31.4. The minimum absolute atomic E-state index is 0.0430. The lowest BCUT2D eigenvalue weighted by atomic mass is 9.90. The Morgan fingerprint density at radius 2 is 1.41 bits per heavy atom.